The van der Waals surface area contributed by atoms with Gasteiger partial charge >= 0.3 is 0 Å². The molecule has 4 nitrogen and oxygen atoms in total. The molecule has 2 atom stereocenters. The van der Waals surface area contributed by atoms with Gasteiger partial charge in [-0.3, -0.25) is 9.59 Å². The van der Waals surface area contributed by atoms with Crippen LogP contribution in [0.1, 0.15) is 54.1 Å². The number of thioether (sulfide) groups is 1. The van der Waals surface area contributed by atoms with Crippen LogP contribution in [0.2, 0.25) is 0 Å². The van der Waals surface area contributed by atoms with Gasteiger partial charge in [-0.1, -0.05) is 67.9 Å². The van der Waals surface area contributed by atoms with Gasteiger partial charge in [0.2, 0.25) is 0 Å². The Hall–Kier alpha value is -3.38. The summed E-state index contributed by atoms with van der Waals surface area (Å²) in [6.07, 6.45) is 6.45. The molecule has 0 saturated heterocycles. The number of carbonyl (C=O) groups excluding carboxylic acids is 2. The van der Waals surface area contributed by atoms with Crippen molar-refractivity contribution in [3.05, 3.63) is 100 Å². The van der Waals surface area contributed by atoms with Gasteiger partial charge in [0, 0.05) is 16.5 Å². The van der Waals surface area contributed by atoms with Crippen LogP contribution in [0.15, 0.2) is 82.6 Å². The fourth-order valence-electron chi connectivity index (χ4n) is 4.86. The predicted octanol–water partition coefficient (Wildman–Crippen LogP) is 6.81. The van der Waals surface area contributed by atoms with Gasteiger partial charge in [0.1, 0.15) is 5.82 Å². The first-order valence-corrected chi connectivity index (χ1v) is 13.3. The highest BCUT2D eigenvalue weighted by molar-refractivity contribution is 8.04. The molecule has 1 fully saturated rings. The Morgan fingerprint density at radius 2 is 1.75 bits per heavy atom. The van der Waals surface area contributed by atoms with Gasteiger partial charge in [-0.05, 0) is 72.4 Å². The van der Waals surface area contributed by atoms with Crippen LogP contribution in [0.5, 0.6) is 0 Å². The number of fused-ring (bicyclic) bond motifs is 1. The molecule has 36 heavy (non-hydrogen) atoms. The van der Waals surface area contributed by atoms with E-state index < -0.39 is 0 Å². The Balaban J connectivity index is 1.35. The molecule has 0 bridgehead atoms. The lowest BCUT2D eigenvalue weighted by atomic mass is 9.86. The van der Waals surface area contributed by atoms with E-state index in [1.165, 1.54) is 30.3 Å². The van der Waals surface area contributed by atoms with Gasteiger partial charge in [-0.25, -0.2) is 4.39 Å². The highest BCUT2D eigenvalue weighted by Crippen LogP contribution is 2.42. The number of carbonyl (C=O) groups is 2. The molecule has 3 aromatic carbocycles. The zero-order valence-electron chi connectivity index (χ0n) is 20.2. The summed E-state index contributed by atoms with van der Waals surface area (Å²) in [4.78, 5) is 29.6. The molecule has 6 heteroatoms. The molecule has 2 amide bonds. The van der Waals surface area contributed by atoms with E-state index in [0.717, 1.165) is 41.0 Å². The molecule has 1 saturated carbocycles. The molecule has 0 unspecified atom stereocenters. The van der Waals surface area contributed by atoms with Gasteiger partial charge in [0.15, 0.2) is 0 Å². The van der Waals surface area contributed by atoms with Crippen molar-refractivity contribution in [3.63, 3.8) is 0 Å². The summed E-state index contributed by atoms with van der Waals surface area (Å²) in [5.74, 6) is 0.0547. The van der Waals surface area contributed by atoms with Crippen molar-refractivity contribution in [1.82, 2.24) is 5.32 Å². The van der Waals surface area contributed by atoms with E-state index >= 15 is 0 Å². The first-order chi connectivity index (χ1) is 17.5. The molecule has 2 aliphatic rings. The third kappa shape index (κ3) is 5.39. The molecule has 184 valence electrons. The summed E-state index contributed by atoms with van der Waals surface area (Å²) >= 11 is 1.44. The normalized spacial score (nSPS) is 20.8. The summed E-state index contributed by atoms with van der Waals surface area (Å²) in [6, 6.07) is 21.6. The fourth-order valence-corrected chi connectivity index (χ4v) is 5.91. The van der Waals surface area contributed by atoms with Crippen LogP contribution in [0, 0.1) is 11.7 Å². The van der Waals surface area contributed by atoms with Crippen molar-refractivity contribution in [1.29, 1.82) is 0 Å². The summed E-state index contributed by atoms with van der Waals surface area (Å²) in [5.41, 5.74) is 3.18. The minimum Gasteiger partial charge on any atom is -0.349 e. The number of nitrogens with zero attached hydrogens (tertiary/aromatic N) is 1. The highest BCUT2D eigenvalue weighted by Gasteiger charge is 2.29. The van der Waals surface area contributed by atoms with E-state index in [2.05, 4.69) is 12.2 Å². The number of para-hydroxylation sites is 1. The van der Waals surface area contributed by atoms with E-state index in [1.807, 2.05) is 54.6 Å². The quantitative estimate of drug-likeness (QED) is 0.391. The van der Waals surface area contributed by atoms with Crippen molar-refractivity contribution in [2.45, 2.75) is 50.1 Å². The SMILES string of the molecule is C[C@H]1CCCC[C@H]1NC(=O)c1ccc(/C=C2\Sc3ccccc3N(Cc3ccc(F)cc3)C2=O)cc1. The van der Waals surface area contributed by atoms with Crippen LogP contribution in [0.3, 0.4) is 0 Å². The van der Waals surface area contributed by atoms with E-state index in [4.69, 9.17) is 0 Å². The lowest BCUT2D eigenvalue weighted by Crippen LogP contribution is -2.41. The number of rotatable bonds is 5. The standard InChI is InChI=1S/C30H29FN2O2S/c1-20-6-2-3-7-25(20)32-29(34)23-14-10-21(11-15-23)18-28-30(35)33(19-22-12-16-24(31)17-13-22)26-8-4-5-9-27(26)36-28/h4-5,8-18,20,25H,2-3,6-7,19H2,1H3,(H,32,34)/b28-18-/t20-,25+/m0/s1. The molecular formula is C30H29FN2O2S. The predicted molar refractivity (Wildman–Crippen MR) is 143 cm³/mol. The second-order valence-electron chi connectivity index (χ2n) is 9.56. The fraction of sp³-hybridized carbons (Fsp3) is 0.267. The smallest absolute Gasteiger partial charge is 0.265 e. The van der Waals surface area contributed by atoms with Crippen LogP contribution in [0.4, 0.5) is 10.1 Å². The molecule has 5 rings (SSSR count). The maximum Gasteiger partial charge on any atom is 0.265 e. The van der Waals surface area contributed by atoms with Gasteiger partial charge in [0.25, 0.3) is 11.8 Å². The molecule has 3 aromatic rings. The number of hydrogen-bond acceptors (Lipinski definition) is 3. The van der Waals surface area contributed by atoms with Crippen LogP contribution < -0.4 is 10.2 Å². The highest BCUT2D eigenvalue weighted by atomic mass is 32.2. The van der Waals surface area contributed by atoms with Crippen LogP contribution >= 0.6 is 11.8 Å². The number of anilines is 1. The summed E-state index contributed by atoms with van der Waals surface area (Å²) < 4.78 is 13.4. The zero-order chi connectivity index (χ0) is 25.1. The van der Waals surface area contributed by atoms with Gasteiger partial charge in [-0.15, -0.1) is 0 Å². The van der Waals surface area contributed by atoms with Gasteiger partial charge in [0.05, 0.1) is 17.1 Å². The average molecular weight is 501 g/mol. The Labute approximate surface area is 215 Å². The van der Waals surface area contributed by atoms with Gasteiger partial charge in [-0.2, -0.15) is 0 Å². The minimum atomic E-state index is -0.300. The number of benzene rings is 3. The lowest BCUT2D eigenvalue weighted by Gasteiger charge is -2.30. The molecule has 0 spiro atoms. The first kappa shape index (κ1) is 24.3. The lowest BCUT2D eigenvalue weighted by molar-refractivity contribution is -0.114. The molecule has 0 aromatic heterocycles. The second kappa shape index (κ2) is 10.7. The van der Waals surface area contributed by atoms with Gasteiger partial charge < -0.3 is 10.2 Å². The zero-order valence-corrected chi connectivity index (χ0v) is 21.1. The number of amides is 2. The molecular weight excluding hydrogens is 471 g/mol. The minimum absolute atomic E-state index is 0.0459. The molecule has 1 aliphatic carbocycles. The maximum absolute atomic E-state index is 13.5. The second-order valence-corrected chi connectivity index (χ2v) is 10.6. The molecule has 1 heterocycles. The topological polar surface area (TPSA) is 49.4 Å². The number of halogens is 1. The van der Waals surface area contributed by atoms with E-state index in [-0.39, 0.29) is 23.7 Å². The molecule has 1 aliphatic heterocycles. The van der Waals surface area contributed by atoms with Crippen molar-refractivity contribution in [3.8, 4) is 0 Å². The van der Waals surface area contributed by atoms with E-state index in [9.17, 15) is 14.0 Å². The van der Waals surface area contributed by atoms with Crippen molar-refractivity contribution in [2.75, 3.05) is 4.90 Å². The third-order valence-corrected chi connectivity index (χ3v) is 8.06. The summed E-state index contributed by atoms with van der Waals surface area (Å²) in [5, 5.41) is 3.19. The summed E-state index contributed by atoms with van der Waals surface area (Å²) in [7, 11) is 0. The van der Waals surface area contributed by atoms with E-state index in [1.54, 1.807) is 17.0 Å². The van der Waals surface area contributed by atoms with Crippen LogP contribution in [0.25, 0.3) is 6.08 Å². The Morgan fingerprint density at radius 3 is 2.50 bits per heavy atom. The maximum atomic E-state index is 13.5. The number of hydrogen-bond donors (Lipinski definition) is 1. The van der Waals surface area contributed by atoms with Crippen molar-refractivity contribution in [2.24, 2.45) is 5.92 Å². The van der Waals surface area contributed by atoms with Crippen molar-refractivity contribution >= 4 is 35.3 Å². The van der Waals surface area contributed by atoms with E-state index in [0.29, 0.717) is 22.9 Å². The Morgan fingerprint density at radius 1 is 1.03 bits per heavy atom. The largest absolute Gasteiger partial charge is 0.349 e. The van der Waals surface area contributed by atoms with Crippen LogP contribution in [-0.2, 0) is 11.3 Å². The average Bonchev–Trinajstić information content (AvgIpc) is 2.89. The number of nitrogens with one attached hydrogen (secondary N) is 1. The summed E-state index contributed by atoms with van der Waals surface area (Å²) in [6.45, 7) is 2.56. The van der Waals surface area contributed by atoms with Crippen LogP contribution in [-0.4, -0.2) is 17.9 Å². The molecule has 1 N–H and O–H groups in total. The monoisotopic (exact) mass is 500 g/mol. The Bertz CT molecular complexity index is 1290. The van der Waals surface area contributed by atoms with Crippen molar-refractivity contribution < 1.29 is 14.0 Å². The Kier molecular flexibility index (Phi) is 7.23. The third-order valence-electron chi connectivity index (χ3n) is 6.98. The first-order valence-electron chi connectivity index (χ1n) is 12.4. The molecule has 0 radical (unpaired) electrons.